The number of aryl methyl sites for hydroxylation is 2. The molecule has 1 fully saturated rings. The number of aliphatic hydroxyl groups is 1. The summed E-state index contributed by atoms with van der Waals surface area (Å²) >= 11 is 0. The monoisotopic (exact) mass is 390 g/mol. The van der Waals surface area contributed by atoms with Gasteiger partial charge in [-0.3, -0.25) is 9.78 Å². The topological polar surface area (TPSA) is 62.7 Å². The van der Waals surface area contributed by atoms with Crippen molar-refractivity contribution in [2.45, 2.75) is 38.4 Å². The number of piperidine rings is 1. The molecule has 1 saturated heterocycles. The van der Waals surface area contributed by atoms with E-state index in [0.717, 1.165) is 22.9 Å². The van der Waals surface area contributed by atoms with Crippen LogP contribution in [0.1, 0.15) is 24.0 Å². The lowest BCUT2D eigenvalue weighted by Crippen LogP contribution is -2.51. The van der Waals surface area contributed by atoms with E-state index in [9.17, 15) is 9.90 Å². The van der Waals surface area contributed by atoms with Gasteiger partial charge in [-0.05, 0) is 43.2 Å². The molecule has 2 aromatic carbocycles. The van der Waals surface area contributed by atoms with E-state index in [1.807, 2.05) is 30.3 Å². The Bertz CT molecular complexity index is 987. The molecule has 2 heterocycles. The molecule has 0 aliphatic carbocycles. The van der Waals surface area contributed by atoms with Crippen LogP contribution in [-0.4, -0.2) is 46.2 Å². The maximum absolute atomic E-state index is 12.6. The summed E-state index contributed by atoms with van der Waals surface area (Å²) in [6.45, 7) is 2.97. The number of aliphatic hydroxyl groups excluding tert-OH is 1. The Labute approximate surface area is 170 Å². The standard InChI is InChI=1S/C24H26N2O3/c1-17-4-6-18(7-5-17)8-11-24(28)26-14-12-23(22(27)16-26)29-20-9-10-21-19(15-20)3-2-13-25-21/h2-7,9-10,13,15,22-23,27H,8,11-12,14,16H2,1H3/t22-,23-/m1/s1. The fourth-order valence-corrected chi connectivity index (χ4v) is 3.74. The Kier molecular flexibility index (Phi) is 5.76. The van der Waals surface area contributed by atoms with E-state index in [1.54, 1.807) is 11.1 Å². The average Bonchev–Trinajstić information content (AvgIpc) is 2.74. The number of amides is 1. The smallest absolute Gasteiger partial charge is 0.222 e. The number of β-amino-alcohol motifs (C(OH)–C–C–N with tert-alkyl or cyclic N) is 1. The molecular weight excluding hydrogens is 364 g/mol. The lowest BCUT2D eigenvalue weighted by molar-refractivity contribution is -0.137. The van der Waals surface area contributed by atoms with Crippen LogP contribution < -0.4 is 4.74 Å². The summed E-state index contributed by atoms with van der Waals surface area (Å²) in [6.07, 6.45) is 2.54. The van der Waals surface area contributed by atoms with Crippen molar-refractivity contribution < 1.29 is 14.6 Å². The number of carbonyl (C=O) groups excluding carboxylic acids is 1. The lowest BCUT2D eigenvalue weighted by atomic mass is 10.0. The maximum atomic E-state index is 12.6. The first-order valence-electron chi connectivity index (χ1n) is 10.1. The van der Waals surface area contributed by atoms with Crippen molar-refractivity contribution in [2.24, 2.45) is 0 Å². The van der Waals surface area contributed by atoms with Gasteiger partial charge in [0.1, 0.15) is 18.0 Å². The van der Waals surface area contributed by atoms with E-state index in [0.29, 0.717) is 31.7 Å². The molecule has 0 radical (unpaired) electrons. The summed E-state index contributed by atoms with van der Waals surface area (Å²) in [5.41, 5.74) is 3.29. The number of pyridine rings is 1. The number of rotatable bonds is 5. The number of benzene rings is 2. The van der Waals surface area contributed by atoms with Crippen LogP contribution in [0.3, 0.4) is 0 Å². The maximum Gasteiger partial charge on any atom is 0.222 e. The van der Waals surface area contributed by atoms with Crippen LogP contribution in [-0.2, 0) is 11.2 Å². The van der Waals surface area contributed by atoms with Gasteiger partial charge in [-0.15, -0.1) is 0 Å². The normalized spacial score (nSPS) is 19.3. The summed E-state index contributed by atoms with van der Waals surface area (Å²) in [7, 11) is 0. The summed E-state index contributed by atoms with van der Waals surface area (Å²) in [5.74, 6) is 0.800. The predicted octanol–water partition coefficient (Wildman–Crippen LogP) is 3.52. The Morgan fingerprint density at radius 1 is 1.21 bits per heavy atom. The fraction of sp³-hybridized carbons (Fsp3) is 0.333. The molecule has 1 N–H and O–H groups in total. The van der Waals surface area contributed by atoms with E-state index >= 15 is 0 Å². The third-order valence-corrected chi connectivity index (χ3v) is 5.48. The van der Waals surface area contributed by atoms with Crippen molar-refractivity contribution in [2.75, 3.05) is 13.1 Å². The number of ether oxygens (including phenoxy) is 1. The number of hydrogen-bond acceptors (Lipinski definition) is 4. The van der Waals surface area contributed by atoms with Gasteiger partial charge in [0.25, 0.3) is 0 Å². The average molecular weight is 390 g/mol. The second-order valence-corrected chi connectivity index (χ2v) is 7.70. The van der Waals surface area contributed by atoms with Gasteiger partial charge in [0.15, 0.2) is 0 Å². The first-order chi connectivity index (χ1) is 14.1. The third kappa shape index (κ3) is 4.74. The number of aromatic nitrogens is 1. The quantitative estimate of drug-likeness (QED) is 0.724. The first-order valence-corrected chi connectivity index (χ1v) is 10.1. The van der Waals surface area contributed by atoms with Crippen molar-refractivity contribution >= 4 is 16.8 Å². The molecule has 150 valence electrons. The van der Waals surface area contributed by atoms with Crippen molar-refractivity contribution in [3.63, 3.8) is 0 Å². The van der Waals surface area contributed by atoms with Crippen LogP contribution in [0.25, 0.3) is 10.9 Å². The Morgan fingerprint density at radius 2 is 2.03 bits per heavy atom. The highest BCUT2D eigenvalue weighted by atomic mass is 16.5. The highest BCUT2D eigenvalue weighted by molar-refractivity contribution is 5.79. The predicted molar refractivity (Wildman–Crippen MR) is 113 cm³/mol. The van der Waals surface area contributed by atoms with Gasteiger partial charge in [-0.2, -0.15) is 0 Å². The van der Waals surface area contributed by atoms with Gasteiger partial charge in [-0.25, -0.2) is 0 Å². The molecule has 1 aliphatic heterocycles. The van der Waals surface area contributed by atoms with E-state index in [4.69, 9.17) is 4.74 Å². The largest absolute Gasteiger partial charge is 0.488 e. The van der Waals surface area contributed by atoms with Crippen LogP contribution >= 0.6 is 0 Å². The third-order valence-electron chi connectivity index (χ3n) is 5.48. The summed E-state index contributed by atoms with van der Waals surface area (Å²) in [6, 6.07) is 17.9. The molecular formula is C24H26N2O3. The minimum absolute atomic E-state index is 0.0832. The Hall–Kier alpha value is -2.92. The summed E-state index contributed by atoms with van der Waals surface area (Å²) in [4.78, 5) is 18.6. The molecule has 5 heteroatoms. The Balaban J connectivity index is 1.31. The van der Waals surface area contributed by atoms with Crippen molar-refractivity contribution in [1.82, 2.24) is 9.88 Å². The number of nitrogens with zero attached hydrogens (tertiary/aromatic N) is 2. The second kappa shape index (κ2) is 8.62. The van der Waals surface area contributed by atoms with Crippen molar-refractivity contribution in [3.8, 4) is 5.75 Å². The van der Waals surface area contributed by atoms with Crippen LogP contribution in [0.2, 0.25) is 0 Å². The molecule has 0 bridgehead atoms. The molecule has 0 spiro atoms. The van der Waals surface area contributed by atoms with Gasteiger partial charge in [0.2, 0.25) is 5.91 Å². The zero-order valence-electron chi connectivity index (χ0n) is 16.6. The van der Waals surface area contributed by atoms with E-state index in [1.165, 1.54) is 5.56 Å². The van der Waals surface area contributed by atoms with Crippen LogP contribution in [0.5, 0.6) is 5.75 Å². The highest BCUT2D eigenvalue weighted by Crippen LogP contribution is 2.23. The van der Waals surface area contributed by atoms with Crippen LogP contribution in [0, 0.1) is 6.92 Å². The van der Waals surface area contributed by atoms with E-state index in [-0.39, 0.29) is 12.0 Å². The molecule has 4 rings (SSSR count). The number of carbonyl (C=O) groups is 1. The number of fused-ring (bicyclic) bond motifs is 1. The number of hydrogen-bond donors (Lipinski definition) is 1. The van der Waals surface area contributed by atoms with Crippen molar-refractivity contribution in [3.05, 3.63) is 71.9 Å². The minimum Gasteiger partial charge on any atom is -0.488 e. The van der Waals surface area contributed by atoms with Gasteiger partial charge in [0.05, 0.1) is 12.1 Å². The lowest BCUT2D eigenvalue weighted by Gasteiger charge is -2.36. The molecule has 29 heavy (non-hydrogen) atoms. The first kappa shape index (κ1) is 19.4. The molecule has 1 aliphatic rings. The molecule has 0 unspecified atom stereocenters. The van der Waals surface area contributed by atoms with Crippen LogP contribution in [0.4, 0.5) is 0 Å². The van der Waals surface area contributed by atoms with Gasteiger partial charge < -0.3 is 14.7 Å². The molecule has 1 amide bonds. The van der Waals surface area contributed by atoms with Gasteiger partial charge in [0, 0.05) is 31.0 Å². The fourth-order valence-electron chi connectivity index (χ4n) is 3.74. The Morgan fingerprint density at radius 3 is 2.83 bits per heavy atom. The summed E-state index contributed by atoms with van der Waals surface area (Å²) in [5, 5.41) is 11.6. The van der Waals surface area contributed by atoms with Crippen LogP contribution in [0.15, 0.2) is 60.8 Å². The molecule has 1 aromatic heterocycles. The van der Waals surface area contributed by atoms with Gasteiger partial charge in [-0.1, -0.05) is 35.9 Å². The summed E-state index contributed by atoms with van der Waals surface area (Å²) < 4.78 is 6.03. The van der Waals surface area contributed by atoms with E-state index < -0.39 is 6.10 Å². The molecule has 5 nitrogen and oxygen atoms in total. The molecule has 0 saturated carbocycles. The zero-order chi connectivity index (χ0) is 20.2. The second-order valence-electron chi connectivity index (χ2n) is 7.70. The highest BCUT2D eigenvalue weighted by Gasteiger charge is 2.31. The zero-order valence-corrected chi connectivity index (χ0v) is 16.6. The van der Waals surface area contributed by atoms with Gasteiger partial charge >= 0.3 is 0 Å². The molecule has 2 atom stereocenters. The van der Waals surface area contributed by atoms with Crippen molar-refractivity contribution in [1.29, 1.82) is 0 Å². The number of likely N-dealkylation sites (tertiary alicyclic amines) is 1. The minimum atomic E-state index is -0.698. The van der Waals surface area contributed by atoms with E-state index in [2.05, 4.69) is 36.2 Å². The molecule has 3 aromatic rings. The SMILES string of the molecule is Cc1ccc(CCC(=O)N2CC[C@@H](Oc3ccc4ncccc4c3)[C@H](O)C2)cc1.